The van der Waals surface area contributed by atoms with Crippen LogP contribution in [-0.2, 0) is 6.54 Å². The summed E-state index contributed by atoms with van der Waals surface area (Å²) in [6.45, 7) is 9.34. The molecule has 0 unspecified atom stereocenters. The normalized spacial score (nSPS) is 10.6. The molecule has 0 spiro atoms. The first-order valence-corrected chi connectivity index (χ1v) is 7.19. The first-order valence-electron chi connectivity index (χ1n) is 6.40. The molecule has 100 valence electrons. The molecule has 0 amide bonds. The van der Waals surface area contributed by atoms with Crippen LogP contribution < -0.4 is 5.32 Å². The predicted molar refractivity (Wildman–Crippen MR) is 84.7 cm³/mol. The molecule has 0 radical (unpaired) electrons. The lowest BCUT2D eigenvalue weighted by atomic mass is 10.00. The summed E-state index contributed by atoms with van der Waals surface area (Å²) in [5.41, 5.74) is 6.52. The van der Waals surface area contributed by atoms with Crippen LogP contribution in [0.5, 0.6) is 0 Å². The maximum absolute atomic E-state index is 4.37. The third-order valence-electron chi connectivity index (χ3n) is 3.33. The van der Waals surface area contributed by atoms with E-state index in [2.05, 4.69) is 72.1 Å². The van der Waals surface area contributed by atoms with Gasteiger partial charge in [0.05, 0.1) is 0 Å². The zero-order valence-corrected chi connectivity index (χ0v) is 13.4. The van der Waals surface area contributed by atoms with Gasteiger partial charge in [0.2, 0.25) is 0 Å². The lowest BCUT2D eigenvalue weighted by Gasteiger charge is -2.13. The number of aryl methyl sites for hydroxylation is 4. The quantitative estimate of drug-likeness (QED) is 0.888. The highest BCUT2D eigenvalue weighted by Gasteiger charge is 2.05. The highest BCUT2D eigenvalue weighted by Crippen LogP contribution is 2.20. The van der Waals surface area contributed by atoms with Gasteiger partial charge in [-0.25, -0.2) is 4.98 Å². The molecule has 1 aromatic heterocycles. The molecular weight excluding hydrogens is 300 g/mol. The van der Waals surface area contributed by atoms with Crippen LogP contribution >= 0.6 is 15.9 Å². The first kappa shape index (κ1) is 14.1. The molecule has 2 nitrogen and oxygen atoms in total. The number of hydrogen-bond donors (Lipinski definition) is 1. The van der Waals surface area contributed by atoms with Gasteiger partial charge in [-0.15, -0.1) is 0 Å². The Labute approximate surface area is 123 Å². The summed E-state index contributed by atoms with van der Waals surface area (Å²) in [6.07, 6.45) is 1.84. The average molecular weight is 319 g/mol. The smallest absolute Gasteiger partial charge is 0.126 e. The Bertz CT molecular complexity index is 583. The predicted octanol–water partition coefficient (Wildman–Crippen LogP) is 4.69. The summed E-state index contributed by atoms with van der Waals surface area (Å²) in [7, 11) is 0. The second-order valence-electron chi connectivity index (χ2n) is 5.05. The van der Waals surface area contributed by atoms with Gasteiger partial charge in [-0.05, 0) is 71.9 Å². The summed E-state index contributed by atoms with van der Waals surface area (Å²) >= 11 is 3.47. The van der Waals surface area contributed by atoms with E-state index in [1.54, 1.807) is 0 Å². The number of nitrogens with one attached hydrogen (secondary N) is 1. The molecular formula is C16H19BrN2. The van der Waals surface area contributed by atoms with Crippen LogP contribution in [0, 0.1) is 27.7 Å². The fourth-order valence-electron chi connectivity index (χ4n) is 2.30. The van der Waals surface area contributed by atoms with Crippen LogP contribution in [0.25, 0.3) is 0 Å². The first-order chi connectivity index (χ1) is 8.97. The number of hydrogen-bond acceptors (Lipinski definition) is 2. The van der Waals surface area contributed by atoms with E-state index in [0.29, 0.717) is 0 Å². The van der Waals surface area contributed by atoms with Crippen molar-refractivity contribution in [3.63, 3.8) is 0 Å². The van der Waals surface area contributed by atoms with E-state index in [0.717, 1.165) is 16.8 Å². The van der Waals surface area contributed by atoms with Crippen molar-refractivity contribution in [2.45, 2.75) is 34.2 Å². The van der Waals surface area contributed by atoms with Crippen LogP contribution in [0.4, 0.5) is 5.82 Å². The van der Waals surface area contributed by atoms with E-state index < -0.39 is 0 Å². The Morgan fingerprint density at radius 2 is 1.63 bits per heavy atom. The van der Waals surface area contributed by atoms with Crippen LogP contribution in [0.2, 0.25) is 0 Å². The van der Waals surface area contributed by atoms with Crippen molar-refractivity contribution >= 4 is 21.7 Å². The molecule has 0 aliphatic carbocycles. The van der Waals surface area contributed by atoms with Gasteiger partial charge >= 0.3 is 0 Å². The molecule has 0 aliphatic rings. The van der Waals surface area contributed by atoms with Gasteiger partial charge < -0.3 is 5.32 Å². The Morgan fingerprint density at radius 3 is 2.21 bits per heavy atom. The van der Waals surface area contributed by atoms with Crippen molar-refractivity contribution in [2.75, 3.05) is 5.32 Å². The molecule has 1 aromatic carbocycles. The standard InChI is InChI=1S/C16H19BrN2/c1-10-5-11(2)14(12(3)6-10)8-18-16-7-13(4)15(17)9-19-16/h5-7,9H,8H2,1-4H3,(H,18,19). The zero-order chi connectivity index (χ0) is 14.0. The number of aromatic nitrogens is 1. The van der Waals surface area contributed by atoms with Crippen LogP contribution in [-0.4, -0.2) is 4.98 Å². The molecule has 3 heteroatoms. The number of benzene rings is 1. The van der Waals surface area contributed by atoms with Gasteiger partial charge in [0.15, 0.2) is 0 Å². The summed E-state index contributed by atoms with van der Waals surface area (Å²) in [5.74, 6) is 0.917. The van der Waals surface area contributed by atoms with Gasteiger partial charge in [-0.2, -0.15) is 0 Å². The summed E-state index contributed by atoms with van der Waals surface area (Å²) in [4.78, 5) is 4.37. The number of halogens is 1. The van der Waals surface area contributed by atoms with Gasteiger partial charge in [0, 0.05) is 17.2 Å². The van der Waals surface area contributed by atoms with Gasteiger partial charge in [-0.3, -0.25) is 0 Å². The highest BCUT2D eigenvalue weighted by atomic mass is 79.9. The summed E-state index contributed by atoms with van der Waals surface area (Å²) in [5, 5.41) is 3.40. The van der Waals surface area contributed by atoms with E-state index in [-0.39, 0.29) is 0 Å². The van der Waals surface area contributed by atoms with Crippen molar-refractivity contribution in [1.29, 1.82) is 0 Å². The topological polar surface area (TPSA) is 24.9 Å². The molecule has 0 fully saturated rings. The molecule has 19 heavy (non-hydrogen) atoms. The summed E-state index contributed by atoms with van der Waals surface area (Å²) in [6, 6.07) is 6.51. The monoisotopic (exact) mass is 318 g/mol. The Morgan fingerprint density at radius 1 is 1.00 bits per heavy atom. The zero-order valence-electron chi connectivity index (χ0n) is 11.8. The summed E-state index contributed by atoms with van der Waals surface area (Å²) < 4.78 is 1.04. The molecule has 1 heterocycles. The van der Waals surface area contributed by atoms with Crippen molar-refractivity contribution < 1.29 is 0 Å². The van der Waals surface area contributed by atoms with E-state index in [1.807, 2.05) is 6.20 Å². The van der Waals surface area contributed by atoms with Gasteiger partial charge in [-0.1, -0.05) is 17.7 Å². The maximum Gasteiger partial charge on any atom is 0.126 e. The number of pyridine rings is 1. The van der Waals surface area contributed by atoms with Crippen molar-refractivity contribution in [1.82, 2.24) is 4.98 Å². The second kappa shape index (κ2) is 5.74. The van der Waals surface area contributed by atoms with E-state index >= 15 is 0 Å². The Balaban J connectivity index is 2.16. The van der Waals surface area contributed by atoms with Crippen molar-refractivity contribution in [3.05, 3.63) is 56.7 Å². The minimum atomic E-state index is 0.812. The van der Waals surface area contributed by atoms with Crippen LogP contribution in [0.3, 0.4) is 0 Å². The molecule has 0 saturated carbocycles. The van der Waals surface area contributed by atoms with Crippen LogP contribution in [0.1, 0.15) is 27.8 Å². The SMILES string of the molecule is Cc1cc(C)c(CNc2cc(C)c(Br)cn2)c(C)c1. The maximum atomic E-state index is 4.37. The highest BCUT2D eigenvalue weighted by molar-refractivity contribution is 9.10. The number of anilines is 1. The molecule has 0 aliphatic heterocycles. The number of nitrogens with zero attached hydrogens (tertiary/aromatic N) is 1. The van der Waals surface area contributed by atoms with E-state index in [4.69, 9.17) is 0 Å². The van der Waals surface area contributed by atoms with Crippen molar-refractivity contribution in [3.8, 4) is 0 Å². The largest absolute Gasteiger partial charge is 0.366 e. The third-order valence-corrected chi connectivity index (χ3v) is 4.16. The molecule has 2 rings (SSSR count). The van der Waals surface area contributed by atoms with E-state index in [9.17, 15) is 0 Å². The molecule has 2 aromatic rings. The molecule has 0 atom stereocenters. The molecule has 0 bridgehead atoms. The average Bonchev–Trinajstić information content (AvgIpc) is 2.32. The lowest BCUT2D eigenvalue weighted by Crippen LogP contribution is -2.05. The van der Waals surface area contributed by atoms with Gasteiger partial charge in [0.25, 0.3) is 0 Å². The minimum Gasteiger partial charge on any atom is -0.366 e. The minimum absolute atomic E-state index is 0.812. The lowest BCUT2D eigenvalue weighted by molar-refractivity contribution is 1.06. The third kappa shape index (κ3) is 3.35. The van der Waals surface area contributed by atoms with Gasteiger partial charge in [0.1, 0.15) is 5.82 Å². The molecule has 1 N–H and O–H groups in total. The van der Waals surface area contributed by atoms with Crippen LogP contribution in [0.15, 0.2) is 28.9 Å². The number of rotatable bonds is 3. The Hall–Kier alpha value is -1.35. The fourth-order valence-corrected chi connectivity index (χ4v) is 2.52. The fraction of sp³-hybridized carbons (Fsp3) is 0.312. The second-order valence-corrected chi connectivity index (χ2v) is 5.90. The van der Waals surface area contributed by atoms with Crippen molar-refractivity contribution in [2.24, 2.45) is 0 Å². The Kier molecular flexibility index (Phi) is 4.25. The molecule has 0 saturated heterocycles. The van der Waals surface area contributed by atoms with E-state index in [1.165, 1.54) is 27.8 Å².